The van der Waals surface area contributed by atoms with Crippen molar-refractivity contribution in [3.05, 3.63) is 188 Å². The molecule has 262 valence electrons. The topological polar surface area (TPSA) is 16.4 Å². The quantitative estimate of drug-likeness (QED) is 0.174. The lowest BCUT2D eigenvalue weighted by molar-refractivity contribution is 0.670. The number of anilines is 3. The molecule has 0 bridgehead atoms. The second-order valence-electron chi connectivity index (χ2n) is 14.4. The number of thiophene rings is 2. The van der Waals surface area contributed by atoms with E-state index >= 15 is 0 Å². The normalized spacial score (nSPS) is 11.9. The molecule has 12 rings (SSSR count). The molecule has 0 radical (unpaired) electrons. The van der Waals surface area contributed by atoms with Gasteiger partial charge in [-0.1, -0.05) is 146 Å². The van der Waals surface area contributed by atoms with Crippen molar-refractivity contribution in [3.8, 4) is 22.3 Å². The van der Waals surface area contributed by atoms with Crippen LogP contribution in [0.25, 0.3) is 95.3 Å². The summed E-state index contributed by atoms with van der Waals surface area (Å²) in [7, 11) is 0. The first-order valence-electron chi connectivity index (χ1n) is 18.9. The fourth-order valence-corrected chi connectivity index (χ4v) is 11.2. The second kappa shape index (κ2) is 12.4. The summed E-state index contributed by atoms with van der Waals surface area (Å²) in [6, 6.07) is 68.4. The summed E-state index contributed by atoms with van der Waals surface area (Å²) in [5, 5.41) is 9.92. The van der Waals surface area contributed by atoms with E-state index in [1.54, 1.807) is 0 Å². The number of fused-ring (bicyclic) bond motifs is 11. The van der Waals surface area contributed by atoms with Crippen LogP contribution in [0.2, 0.25) is 0 Å². The Morgan fingerprint density at radius 3 is 1.95 bits per heavy atom. The molecule has 0 amide bonds. The van der Waals surface area contributed by atoms with Gasteiger partial charge in [0.2, 0.25) is 0 Å². The van der Waals surface area contributed by atoms with Gasteiger partial charge in [0, 0.05) is 63.1 Å². The van der Waals surface area contributed by atoms with E-state index in [-0.39, 0.29) is 0 Å². The maximum absolute atomic E-state index is 6.47. The fourth-order valence-electron chi connectivity index (χ4n) is 8.66. The van der Waals surface area contributed by atoms with Crippen molar-refractivity contribution in [2.45, 2.75) is 0 Å². The van der Waals surface area contributed by atoms with Crippen molar-refractivity contribution in [1.82, 2.24) is 0 Å². The number of rotatable bonds is 5. The summed E-state index contributed by atoms with van der Waals surface area (Å²) in [6.07, 6.45) is 0. The molecule has 0 spiro atoms. The van der Waals surface area contributed by atoms with E-state index in [9.17, 15) is 0 Å². The van der Waals surface area contributed by atoms with Crippen LogP contribution in [-0.2, 0) is 0 Å². The van der Waals surface area contributed by atoms with Crippen LogP contribution in [0.1, 0.15) is 0 Å². The zero-order valence-electron chi connectivity index (χ0n) is 30.1. The molecule has 0 saturated carbocycles. The first kappa shape index (κ1) is 31.6. The lowest BCUT2D eigenvalue weighted by atomic mass is 9.99. The van der Waals surface area contributed by atoms with Gasteiger partial charge in [-0.15, -0.1) is 22.7 Å². The molecule has 0 aliphatic rings. The Labute approximate surface area is 330 Å². The molecule has 56 heavy (non-hydrogen) atoms. The van der Waals surface area contributed by atoms with E-state index in [1.807, 2.05) is 28.7 Å². The molecule has 12 aromatic rings. The van der Waals surface area contributed by atoms with Gasteiger partial charge in [0.1, 0.15) is 11.2 Å². The number of hydrogen-bond donors (Lipinski definition) is 0. The van der Waals surface area contributed by atoms with Crippen molar-refractivity contribution in [2.24, 2.45) is 0 Å². The number of benzene rings is 9. The zero-order chi connectivity index (χ0) is 36.7. The molecule has 0 fully saturated rings. The SMILES string of the molecule is c1ccc(-c2ccc(N(c3cccc4c3sc3ccccc34)c3cccc4ccc5c6ccc(-c7cccc8c7oc7ccccc78)cc6sc5c34)cc2)cc1. The van der Waals surface area contributed by atoms with Gasteiger partial charge in [-0.25, -0.2) is 0 Å². The van der Waals surface area contributed by atoms with Gasteiger partial charge in [-0.2, -0.15) is 0 Å². The fraction of sp³-hybridized carbons (Fsp3) is 0. The van der Waals surface area contributed by atoms with Gasteiger partial charge in [-0.3, -0.25) is 0 Å². The molecular weight excluding hydrogens is 719 g/mol. The van der Waals surface area contributed by atoms with Crippen molar-refractivity contribution < 1.29 is 4.42 Å². The number of para-hydroxylation sites is 2. The third-order valence-corrected chi connectivity index (χ3v) is 13.7. The Morgan fingerprint density at radius 2 is 1.04 bits per heavy atom. The summed E-state index contributed by atoms with van der Waals surface area (Å²) in [4.78, 5) is 2.49. The zero-order valence-corrected chi connectivity index (χ0v) is 31.7. The van der Waals surface area contributed by atoms with Crippen molar-refractivity contribution in [2.75, 3.05) is 4.90 Å². The van der Waals surface area contributed by atoms with Gasteiger partial charge in [0.15, 0.2) is 0 Å². The Bertz CT molecular complexity index is 3480. The highest BCUT2D eigenvalue weighted by Gasteiger charge is 2.22. The molecule has 0 unspecified atom stereocenters. The minimum Gasteiger partial charge on any atom is -0.455 e. The van der Waals surface area contributed by atoms with Crippen LogP contribution >= 0.6 is 22.7 Å². The first-order chi connectivity index (χ1) is 27.8. The predicted molar refractivity (Wildman–Crippen MR) is 243 cm³/mol. The highest BCUT2D eigenvalue weighted by atomic mass is 32.1. The van der Waals surface area contributed by atoms with Gasteiger partial charge < -0.3 is 9.32 Å². The van der Waals surface area contributed by atoms with E-state index in [1.165, 1.54) is 73.6 Å². The molecule has 2 nitrogen and oxygen atoms in total. The number of nitrogens with zero attached hydrogens (tertiary/aromatic N) is 1. The van der Waals surface area contributed by atoms with E-state index in [0.29, 0.717) is 0 Å². The number of furan rings is 1. The molecular formula is C52H31NOS2. The van der Waals surface area contributed by atoms with Crippen molar-refractivity contribution in [1.29, 1.82) is 0 Å². The monoisotopic (exact) mass is 749 g/mol. The standard InChI is InChI=1S/C52H31NOS2/c1-2-11-32(12-3-1)33-23-27-36(28-24-33)53(45-20-10-18-42-39-15-5-7-22-47(39)55-51(42)45)44-19-8-13-34-25-30-43-40-29-26-35(31-48(40)56-52(43)49(34)44)37-16-9-17-41-38-14-4-6-21-46(38)54-50(37)41/h1-31H. The van der Waals surface area contributed by atoms with Crippen LogP contribution in [0.3, 0.4) is 0 Å². The molecule has 0 aliphatic carbocycles. The van der Waals surface area contributed by atoms with E-state index < -0.39 is 0 Å². The third-order valence-electron chi connectivity index (χ3n) is 11.3. The molecule has 0 N–H and O–H groups in total. The maximum atomic E-state index is 6.47. The highest BCUT2D eigenvalue weighted by molar-refractivity contribution is 7.27. The van der Waals surface area contributed by atoms with E-state index in [0.717, 1.165) is 38.8 Å². The smallest absolute Gasteiger partial charge is 0.143 e. The Balaban J connectivity index is 1.09. The molecule has 0 saturated heterocycles. The average Bonchev–Trinajstić information content (AvgIpc) is 3.96. The average molecular weight is 750 g/mol. The lowest BCUT2D eigenvalue weighted by Crippen LogP contribution is -2.10. The van der Waals surface area contributed by atoms with Crippen LogP contribution < -0.4 is 4.90 Å². The van der Waals surface area contributed by atoms with Crippen molar-refractivity contribution >= 4 is 113 Å². The predicted octanol–water partition coefficient (Wildman–Crippen LogP) is 16.3. The van der Waals surface area contributed by atoms with Crippen molar-refractivity contribution in [3.63, 3.8) is 0 Å². The van der Waals surface area contributed by atoms with Gasteiger partial charge in [0.05, 0.1) is 16.1 Å². The maximum Gasteiger partial charge on any atom is 0.143 e. The summed E-state index contributed by atoms with van der Waals surface area (Å²) in [5.41, 5.74) is 10.0. The molecule has 3 aromatic heterocycles. The van der Waals surface area contributed by atoms with Crippen LogP contribution in [0, 0.1) is 0 Å². The van der Waals surface area contributed by atoms with Crippen LogP contribution in [0.4, 0.5) is 17.1 Å². The van der Waals surface area contributed by atoms with Gasteiger partial charge in [0.25, 0.3) is 0 Å². The second-order valence-corrected chi connectivity index (χ2v) is 16.5. The minimum atomic E-state index is 0.919. The third kappa shape index (κ3) is 4.80. The van der Waals surface area contributed by atoms with Crippen LogP contribution in [0.5, 0.6) is 0 Å². The molecule has 0 aliphatic heterocycles. The number of hydrogen-bond acceptors (Lipinski definition) is 4. The van der Waals surface area contributed by atoms with E-state index in [4.69, 9.17) is 4.42 Å². The van der Waals surface area contributed by atoms with Gasteiger partial charge in [-0.05, 0) is 64.5 Å². The van der Waals surface area contributed by atoms with Gasteiger partial charge >= 0.3 is 0 Å². The Morgan fingerprint density at radius 1 is 0.393 bits per heavy atom. The Hall–Kier alpha value is -6.72. The summed E-state index contributed by atoms with van der Waals surface area (Å²) in [6.45, 7) is 0. The first-order valence-corrected chi connectivity index (χ1v) is 20.5. The minimum absolute atomic E-state index is 0.919. The molecule has 4 heteroatoms. The highest BCUT2D eigenvalue weighted by Crippen LogP contribution is 2.50. The van der Waals surface area contributed by atoms with Crippen LogP contribution in [-0.4, -0.2) is 0 Å². The molecule has 3 heterocycles. The largest absolute Gasteiger partial charge is 0.455 e. The van der Waals surface area contributed by atoms with E-state index in [2.05, 4.69) is 187 Å². The summed E-state index contributed by atoms with van der Waals surface area (Å²) < 4.78 is 11.6. The Kier molecular flexibility index (Phi) is 7.00. The molecule has 9 aromatic carbocycles. The summed E-state index contributed by atoms with van der Waals surface area (Å²) >= 11 is 3.76. The molecule has 0 atom stereocenters. The lowest BCUT2D eigenvalue weighted by Gasteiger charge is -2.28. The summed E-state index contributed by atoms with van der Waals surface area (Å²) in [5.74, 6) is 0. The van der Waals surface area contributed by atoms with Crippen LogP contribution in [0.15, 0.2) is 192 Å².